The quantitative estimate of drug-likeness (QED) is 0.861. The van der Waals surface area contributed by atoms with Gasteiger partial charge in [-0.15, -0.1) is 0 Å². The zero-order valence-corrected chi connectivity index (χ0v) is 13.5. The maximum atomic E-state index is 11.8. The molecule has 0 aromatic carbocycles. The van der Waals surface area contributed by atoms with Gasteiger partial charge in [-0.2, -0.15) is 9.40 Å². The van der Waals surface area contributed by atoms with Gasteiger partial charge in [0.1, 0.15) is 0 Å². The van der Waals surface area contributed by atoms with E-state index in [1.807, 2.05) is 10.7 Å². The summed E-state index contributed by atoms with van der Waals surface area (Å²) in [4.78, 5) is 11.8. The first kappa shape index (κ1) is 15.8. The zero-order chi connectivity index (χ0) is 16.4. The molecule has 2 aromatic rings. The second-order valence-corrected chi connectivity index (χ2v) is 7.48. The summed E-state index contributed by atoms with van der Waals surface area (Å²) in [6.45, 7) is 1.08. The fraction of sp³-hybridized carbons (Fsp3) is 0.429. The molecule has 0 spiro atoms. The van der Waals surface area contributed by atoms with E-state index in [2.05, 4.69) is 10.4 Å². The van der Waals surface area contributed by atoms with Gasteiger partial charge >= 0.3 is 0 Å². The monoisotopic (exact) mass is 338 g/mol. The van der Waals surface area contributed by atoms with Crippen LogP contribution in [0.1, 0.15) is 28.7 Å². The summed E-state index contributed by atoms with van der Waals surface area (Å²) in [5, 5.41) is 7.03. The van der Waals surface area contributed by atoms with Gasteiger partial charge in [-0.1, -0.05) is 0 Å². The first-order valence-corrected chi connectivity index (χ1v) is 9.09. The van der Waals surface area contributed by atoms with Crippen LogP contribution in [0.15, 0.2) is 35.1 Å². The minimum Gasteiger partial charge on any atom is -0.459 e. The third-order valence-electron chi connectivity index (χ3n) is 3.83. The van der Waals surface area contributed by atoms with E-state index < -0.39 is 10.0 Å². The van der Waals surface area contributed by atoms with Crippen molar-refractivity contribution in [3.05, 3.63) is 42.1 Å². The normalized spacial score (nSPS) is 18.6. The molecule has 9 heteroatoms. The van der Waals surface area contributed by atoms with Crippen molar-refractivity contribution < 1.29 is 17.6 Å². The van der Waals surface area contributed by atoms with Crippen LogP contribution in [0.4, 0.5) is 0 Å². The van der Waals surface area contributed by atoms with Gasteiger partial charge in [0.15, 0.2) is 5.76 Å². The van der Waals surface area contributed by atoms with Crippen LogP contribution in [0.25, 0.3) is 0 Å². The second-order valence-electron chi connectivity index (χ2n) is 5.50. The maximum Gasteiger partial charge on any atom is 0.286 e. The molecule has 8 nitrogen and oxygen atoms in total. The van der Waals surface area contributed by atoms with Crippen LogP contribution in [-0.2, 0) is 16.6 Å². The number of carbonyl (C=O) groups excluding carboxylic acids is 1. The number of nitrogens with one attached hydrogen (secondary N) is 1. The van der Waals surface area contributed by atoms with Crippen LogP contribution in [0.3, 0.4) is 0 Å². The summed E-state index contributed by atoms with van der Waals surface area (Å²) < 4.78 is 31.9. The smallest absolute Gasteiger partial charge is 0.286 e. The van der Waals surface area contributed by atoms with Crippen LogP contribution < -0.4 is 5.32 Å². The molecule has 1 unspecified atom stereocenters. The van der Waals surface area contributed by atoms with Gasteiger partial charge < -0.3 is 9.73 Å². The Morgan fingerprint density at radius 1 is 1.48 bits per heavy atom. The molecule has 0 radical (unpaired) electrons. The average Bonchev–Trinajstić information content (AvgIpc) is 3.17. The Morgan fingerprint density at radius 3 is 3.00 bits per heavy atom. The molecule has 0 saturated carbocycles. The molecule has 1 N–H and O–H groups in total. The summed E-state index contributed by atoms with van der Waals surface area (Å²) in [7, 11) is -3.27. The van der Waals surface area contributed by atoms with E-state index in [1.54, 1.807) is 18.3 Å². The van der Waals surface area contributed by atoms with Gasteiger partial charge in [0, 0.05) is 19.3 Å². The van der Waals surface area contributed by atoms with Gasteiger partial charge in [0.05, 0.1) is 30.8 Å². The minimum atomic E-state index is -3.27. The van der Waals surface area contributed by atoms with Crippen LogP contribution >= 0.6 is 0 Å². The van der Waals surface area contributed by atoms with Crippen molar-refractivity contribution in [2.75, 3.05) is 19.3 Å². The highest BCUT2D eigenvalue weighted by Crippen LogP contribution is 2.24. The lowest BCUT2D eigenvalue weighted by Crippen LogP contribution is -2.41. The highest BCUT2D eigenvalue weighted by atomic mass is 32.2. The molecule has 3 heterocycles. The number of aromatic nitrogens is 2. The SMILES string of the molecule is CS(=O)(=O)N1Cc2ccnn2C(CCNC(=O)c2ccco2)C1. The van der Waals surface area contributed by atoms with Gasteiger partial charge in [-0.05, 0) is 24.6 Å². The Kier molecular flexibility index (Phi) is 4.22. The summed E-state index contributed by atoms with van der Waals surface area (Å²) in [6.07, 6.45) is 4.88. The Bertz CT molecular complexity index is 782. The molecular formula is C14H18N4O4S. The summed E-state index contributed by atoms with van der Waals surface area (Å²) in [6, 6.07) is 4.94. The number of amides is 1. The zero-order valence-electron chi connectivity index (χ0n) is 12.7. The van der Waals surface area contributed by atoms with E-state index in [0.717, 1.165) is 5.69 Å². The molecule has 1 aliphatic heterocycles. The number of furan rings is 1. The molecule has 1 amide bonds. The van der Waals surface area contributed by atoms with E-state index in [-0.39, 0.29) is 17.7 Å². The van der Waals surface area contributed by atoms with Crippen LogP contribution in [0.5, 0.6) is 0 Å². The van der Waals surface area contributed by atoms with E-state index in [4.69, 9.17) is 4.42 Å². The Morgan fingerprint density at radius 2 is 2.30 bits per heavy atom. The molecule has 2 aromatic heterocycles. The highest BCUT2D eigenvalue weighted by molar-refractivity contribution is 7.88. The van der Waals surface area contributed by atoms with Crippen molar-refractivity contribution in [1.29, 1.82) is 0 Å². The first-order chi connectivity index (χ1) is 10.9. The number of nitrogens with zero attached hydrogens (tertiary/aromatic N) is 3. The fourth-order valence-corrected chi connectivity index (χ4v) is 3.48. The van der Waals surface area contributed by atoms with Crippen molar-refractivity contribution in [2.45, 2.75) is 19.0 Å². The van der Waals surface area contributed by atoms with Crippen LogP contribution in [0, 0.1) is 0 Å². The molecule has 1 aliphatic rings. The Balaban J connectivity index is 1.64. The molecule has 0 aliphatic carbocycles. The molecular weight excluding hydrogens is 320 g/mol. The Labute approximate surface area is 134 Å². The molecule has 124 valence electrons. The van der Waals surface area contributed by atoms with Gasteiger partial charge in [0.25, 0.3) is 5.91 Å². The first-order valence-electron chi connectivity index (χ1n) is 7.24. The highest BCUT2D eigenvalue weighted by Gasteiger charge is 2.30. The van der Waals surface area contributed by atoms with Crippen molar-refractivity contribution >= 4 is 15.9 Å². The van der Waals surface area contributed by atoms with Crippen molar-refractivity contribution in [3.8, 4) is 0 Å². The van der Waals surface area contributed by atoms with Gasteiger partial charge in [-0.25, -0.2) is 8.42 Å². The predicted octanol–water partition coefficient (Wildman–Crippen LogP) is 0.612. The van der Waals surface area contributed by atoms with E-state index in [0.29, 0.717) is 26.1 Å². The number of hydrogen-bond donors (Lipinski definition) is 1. The lowest BCUT2D eigenvalue weighted by molar-refractivity contribution is 0.0922. The third kappa shape index (κ3) is 3.45. The molecule has 0 fully saturated rings. The molecule has 3 rings (SSSR count). The number of sulfonamides is 1. The van der Waals surface area contributed by atoms with E-state index in [1.165, 1.54) is 16.8 Å². The van der Waals surface area contributed by atoms with Crippen molar-refractivity contribution in [2.24, 2.45) is 0 Å². The van der Waals surface area contributed by atoms with E-state index in [9.17, 15) is 13.2 Å². The number of rotatable bonds is 5. The summed E-state index contributed by atoms with van der Waals surface area (Å²) >= 11 is 0. The van der Waals surface area contributed by atoms with Crippen LogP contribution in [-0.4, -0.2) is 47.8 Å². The summed E-state index contributed by atoms with van der Waals surface area (Å²) in [5.41, 5.74) is 0.851. The number of hydrogen-bond acceptors (Lipinski definition) is 5. The van der Waals surface area contributed by atoms with Crippen molar-refractivity contribution in [1.82, 2.24) is 19.4 Å². The lowest BCUT2D eigenvalue weighted by atomic mass is 10.1. The predicted molar refractivity (Wildman–Crippen MR) is 82.2 cm³/mol. The van der Waals surface area contributed by atoms with Gasteiger partial charge in [-0.3, -0.25) is 9.48 Å². The molecule has 23 heavy (non-hydrogen) atoms. The standard InChI is InChI=1S/C14H18N4O4S/c1-23(20,21)17-9-11(18-12(10-17)5-7-16-18)4-6-15-14(19)13-3-2-8-22-13/h2-3,5,7-8,11H,4,6,9-10H2,1H3,(H,15,19). The average molecular weight is 338 g/mol. The third-order valence-corrected chi connectivity index (χ3v) is 5.04. The summed E-state index contributed by atoms with van der Waals surface area (Å²) in [5.74, 6) is -0.0300. The topological polar surface area (TPSA) is 97.4 Å². The fourth-order valence-electron chi connectivity index (χ4n) is 2.67. The molecule has 0 bridgehead atoms. The minimum absolute atomic E-state index is 0.111. The Hall–Kier alpha value is -2.13. The molecule has 1 atom stereocenters. The second kappa shape index (κ2) is 6.17. The maximum absolute atomic E-state index is 11.8. The van der Waals surface area contributed by atoms with E-state index >= 15 is 0 Å². The number of fused-ring (bicyclic) bond motifs is 1. The largest absolute Gasteiger partial charge is 0.459 e. The van der Waals surface area contributed by atoms with Crippen LogP contribution in [0.2, 0.25) is 0 Å². The van der Waals surface area contributed by atoms with Gasteiger partial charge in [0.2, 0.25) is 10.0 Å². The lowest BCUT2D eigenvalue weighted by Gasteiger charge is -2.32. The molecule has 0 saturated heterocycles. The van der Waals surface area contributed by atoms with Crippen molar-refractivity contribution in [3.63, 3.8) is 0 Å². The number of carbonyl (C=O) groups is 1.